The average molecular weight is 230 g/mol. The molecular weight excluding hydrogens is 204 g/mol. The number of unbranched alkanes of at least 4 members (excludes halogenated alkanes) is 1. The molecule has 0 aromatic carbocycles. The number of nitrogens with zero attached hydrogens (tertiary/aromatic N) is 1. The van der Waals surface area contributed by atoms with Crippen molar-refractivity contribution < 1.29 is 9.90 Å². The summed E-state index contributed by atoms with van der Waals surface area (Å²) in [6.45, 7) is 6.03. The number of rotatable bonds is 9. The largest absolute Gasteiger partial charge is 0.395 e. The molecule has 0 spiro atoms. The van der Waals surface area contributed by atoms with Crippen molar-refractivity contribution in [1.82, 2.24) is 4.90 Å². The molecule has 4 nitrogen and oxygen atoms in total. The summed E-state index contributed by atoms with van der Waals surface area (Å²) in [6, 6.07) is 0. The van der Waals surface area contributed by atoms with E-state index in [-0.39, 0.29) is 12.5 Å². The van der Waals surface area contributed by atoms with Crippen LogP contribution in [0, 0.1) is 5.92 Å². The van der Waals surface area contributed by atoms with E-state index >= 15 is 0 Å². The van der Waals surface area contributed by atoms with Crippen LogP contribution in [0.1, 0.15) is 39.5 Å². The number of aliphatic hydroxyl groups excluding tert-OH is 1. The molecule has 4 heteroatoms. The monoisotopic (exact) mass is 230 g/mol. The lowest BCUT2D eigenvalue weighted by atomic mass is 10.1. The Kier molecular flexibility index (Phi) is 9.24. The van der Waals surface area contributed by atoms with E-state index in [9.17, 15) is 4.79 Å². The third kappa shape index (κ3) is 6.80. The predicted octanol–water partition coefficient (Wildman–Crippen LogP) is 0.982. The maximum atomic E-state index is 11.8. The highest BCUT2D eigenvalue weighted by Gasteiger charge is 2.13. The van der Waals surface area contributed by atoms with E-state index < -0.39 is 0 Å². The molecule has 0 saturated heterocycles. The molecule has 0 aromatic heterocycles. The molecule has 16 heavy (non-hydrogen) atoms. The Hall–Kier alpha value is -0.610. The Morgan fingerprint density at radius 2 is 2.12 bits per heavy atom. The third-order valence-corrected chi connectivity index (χ3v) is 2.76. The first kappa shape index (κ1) is 15.4. The molecule has 0 heterocycles. The second-order valence-electron chi connectivity index (χ2n) is 4.34. The smallest absolute Gasteiger partial charge is 0.222 e. The van der Waals surface area contributed by atoms with E-state index in [1.54, 1.807) is 4.90 Å². The Morgan fingerprint density at radius 1 is 1.44 bits per heavy atom. The lowest BCUT2D eigenvalue weighted by Crippen LogP contribution is -2.34. The number of hydrogen-bond donors (Lipinski definition) is 2. The number of carbonyl (C=O) groups is 1. The summed E-state index contributed by atoms with van der Waals surface area (Å²) in [6.07, 6.45) is 3.44. The minimum Gasteiger partial charge on any atom is -0.395 e. The van der Waals surface area contributed by atoms with Crippen LogP contribution in [0.5, 0.6) is 0 Å². The van der Waals surface area contributed by atoms with Crippen molar-refractivity contribution in [3.8, 4) is 0 Å². The van der Waals surface area contributed by atoms with Gasteiger partial charge >= 0.3 is 0 Å². The summed E-state index contributed by atoms with van der Waals surface area (Å²) in [5.41, 5.74) is 5.51. The van der Waals surface area contributed by atoms with Gasteiger partial charge in [-0.05, 0) is 25.3 Å². The van der Waals surface area contributed by atoms with Gasteiger partial charge in [0.2, 0.25) is 5.91 Å². The van der Waals surface area contributed by atoms with Crippen molar-refractivity contribution in [3.05, 3.63) is 0 Å². The van der Waals surface area contributed by atoms with Crippen LogP contribution in [0.2, 0.25) is 0 Å². The van der Waals surface area contributed by atoms with E-state index in [1.807, 2.05) is 0 Å². The lowest BCUT2D eigenvalue weighted by Gasteiger charge is -2.22. The van der Waals surface area contributed by atoms with Gasteiger partial charge in [-0.25, -0.2) is 0 Å². The van der Waals surface area contributed by atoms with Gasteiger partial charge in [0.15, 0.2) is 0 Å². The van der Waals surface area contributed by atoms with Crippen molar-refractivity contribution >= 4 is 5.91 Å². The van der Waals surface area contributed by atoms with E-state index in [0.717, 1.165) is 25.8 Å². The molecule has 0 radical (unpaired) electrons. The van der Waals surface area contributed by atoms with E-state index in [0.29, 0.717) is 25.4 Å². The third-order valence-electron chi connectivity index (χ3n) is 2.76. The fourth-order valence-electron chi connectivity index (χ4n) is 1.48. The van der Waals surface area contributed by atoms with Crippen LogP contribution in [-0.2, 0) is 4.79 Å². The van der Waals surface area contributed by atoms with E-state index in [4.69, 9.17) is 10.8 Å². The number of carbonyl (C=O) groups excluding carboxylic acids is 1. The minimum atomic E-state index is 0.0435. The molecule has 96 valence electrons. The van der Waals surface area contributed by atoms with Gasteiger partial charge in [-0.2, -0.15) is 0 Å². The number of nitrogens with two attached hydrogens (primary N) is 1. The highest BCUT2D eigenvalue weighted by atomic mass is 16.3. The molecule has 1 atom stereocenters. The zero-order valence-corrected chi connectivity index (χ0v) is 10.6. The zero-order chi connectivity index (χ0) is 12.4. The Morgan fingerprint density at radius 3 is 2.62 bits per heavy atom. The van der Waals surface area contributed by atoms with Crippen LogP contribution in [0.4, 0.5) is 0 Å². The van der Waals surface area contributed by atoms with Gasteiger partial charge in [-0.1, -0.05) is 20.3 Å². The maximum Gasteiger partial charge on any atom is 0.222 e. The number of hydrogen-bond acceptors (Lipinski definition) is 3. The van der Waals surface area contributed by atoms with Crippen LogP contribution in [0.3, 0.4) is 0 Å². The highest BCUT2D eigenvalue weighted by molar-refractivity contribution is 5.76. The van der Waals surface area contributed by atoms with E-state index in [2.05, 4.69) is 13.8 Å². The topological polar surface area (TPSA) is 66.6 Å². The van der Waals surface area contributed by atoms with Crippen molar-refractivity contribution in [2.75, 3.05) is 26.2 Å². The number of amides is 1. The SMILES string of the molecule is CCCCN(CCO)C(=O)CCC(C)CN. The van der Waals surface area contributed by atoms with Crippen LogP contribution < -0.4 is 5.73 Å². The van der Waals surface area contributed by atoms with E-state index in [1.165, 1.54) is 0 Å². The number of aliphatic hydroxyl groups is 1. The second-order valence-corrected chi connectivity index (χ2v) is 4.34. The molecule has 1 amide bonds. The summed E-state index contributed by atoms with van der Waals surface area (Å²) in [5, 5.41) is 8.89. The molecule has 0 fully saturated rings. The van der Waals surface area contributed by atoms with Crippen LogP contribution in [0.25, 0.3) is 0 Å². The average Bonchev–Trinajstić information content (AvgIpc) is 2.30. The van der Waals surface area contributed by atoms with Gasteiger partial charge < -0.3 is 15.7 Å². The molecule has 0 saturated carbocycles. The standard InChI is InChI=1S/C12H26N2O2/c1-3-4-7-14(8-9-15)12(16)6-5-11(2)10-13/h11,15H,3-10,13H2,1-2H3. The molecular formula is C12H26N2O2. The lowest BCUT2D eigenvalue weighted by molar-refractivity contribution is -0.132. The van der Waals surface area contributed by atoms with Crippen molar-refractivity contribution in [2.24, 2.45) is 11.7 Å². The van der Waals surface area contributed by atoms with Gasteiger partial charge in [0.05, 0.1) is 6.61 Å². The summed E-state index contributed by atoms with van der Waals surface area (Å²) >= 11 is 0. The van der Waals surface area contributed by atoms with Gasteiger partial charge in [-0.15, -0.1) is 0 Å². The molecule has 0 bridgehead atoms. The molecule has 0 aliphatic rings. The summed E-state index contributed by atoms with van der Waals surface area (Å²) in [4.78, 5) is 13.6. The quantitative estimate of drug-likeness (QED) is 0.620. The Labute approximate surface area is 98.8 Å². The van der Waals surface area contributed by atoms with Crippen molar-refractivity contribution in [1.29, 1.82) is 0 Å². The van der Waals surface area contributed by atoms with Crippen molar-refractivity contribution in [2.45, 2.75) is 39.5 Å². The van der Waals surface area contributed by atoms with Crippen LogP contribution in [0.15, 0.2) is 0 Å². The van der Waals surface area contributed by atoms with Crippen molar-refractivity contribution in [3.63, 3.8) is 0 Å². The van der Waals surface area contributed by atoms with Gasteiger partial charge in [0, 0.05) is 19.5 Å². The second kappa shape index (κ2) is 9.60. The van der Waals surface area contributed by atoms with Gasteiger partial charge in [-0.3, -0.25) is 4.79 Å². The first-order valence-electron chi connectivity index (χ1n) is 6.24. The fraction of sp³-hybridized carbons (Fsp3) is 0.917. The highest BCUT2D eigenvalue weighted by Crippen LogP contribution is 2.07. The molecule has 0 aromatic rings. The molecule has 0 aliphatic heterocycles. The molecule has 3 N–H and O–H groups in total. The first-order valence-corrected chi connectivity index (χ1v) is 6.24. The molecule has 0 rings (SSSR count). The van der Waals surface area contributed by atoms with Crippen LogP contribution >= 0.6 is 0 Å². The Balaban J connectivity index is 3.95. The first-order chi connectivity index (χ1) is 7.65. The maximum absolute atomic E-state index is 11.8. The molecule has 1 unspecified atom stereocenters. The minimum absolute atomic E-state index is 0.0435. The van der Waals surface area contributed by atoms with Gasteiger partial charge in [0.1, 0.15) is 0 Å². The normalized spacial score (nSPS) is 12.5. The summed E-state index contributed by atoms with van der Waals surface area (Å²) in [5.74, 6) is 0.536. The predicted molar refractivity (Wildman–Crippen MR) is 66.0 cm³/mol. The fourth-order valence-corrected chi connectivity index (χ4v) is 1.48. The molecule has 0 aliphatic carbocycles. The van der Waals surface area contributed by atoms with Gasteiger partial charge in [0.25, 0.3) is 0 Å². The zero-order valence-electron chi connectivity index (χ0n) is 10.6. The van der Waals surface area contributed by atoms with Crippen LogP contribution in [-0.4, -0.2) is 42.2 Å². The Bertz CT molecular complexity index is 186. The summed E-state index contributed by atoms with van der Waals surface area (Å²) < 4.78 is 0. The summed E-state index contributed by atoms with van der Waals surface area (Å²) in [7, 11) is 0.